The number of aromatic nitrogens is 2. The van der Waals surface area contributed by atoms with Crippen LogP contribution >= 0.6 is 0 Å². The van der Waals surface area contributed by atoms with Gasteiger partial charge in [0, 0.05) is 12.3 Å². The van der Waals surface area contributed by atoms with Crippen LogP contribution in [0.3, 0.4) is 0 Å². The number of carbonyl (C=O) groups excluding carboxylic acids is 1. The summed E-state index contributed by atoms with van der Waals surface area (Å²) in [4.78, 5) is 16.7. The number of halogens is 1. The van der Waals surface area contributed by atoms with Crippen LogP contribution in [0.25, 0.3) is 5.69 Å². The highest BCUT2D eigenvalue weighted by Crippen LogP contribution is 2.37. The summed E-state index contributed by atoms with van der Waals surface area (Å²) in [5, 5.41) is 2.86. The van der Waals surface area contributed by atoms with Crippen LogP contribution in [0.15, 0.2) is 54.9 Å². The summed E-state index contributed by atoms with van der Waals surface area (Å²) in [6, 6.07) is 13.8. The topological polar surface area (TPSA) is 56.1 Å². The van der Waals surface area contributed by atoms with E-state index in [0.717, 1.165) is 17.0 Å². The average molecular weight is 337 g/mol. The molecule has 1 N–H and O–H groups in total. The number of rotatable bonds is 3. The highest BCUT2D eigenvalue weighted by atomic mass is 19.1. The fourth-order valence-corrected chi connectivity index (χ4v) is 3.14. The van der Waals surface area contributed by atoms with Gasteiger partial charge in [0.15, 0.2) is 0 Å². The van der Waals surface area contributed by atoms with Gasteiger partial charge in [-0.2, -0.15) is 0 Å². The molecule has 25 heavy (non-hydrogen) atoms. The van der Waals surface area contributed by atoms with Gasteiger partial charge < -0.3 is 10.1 Å². The summed E-state index contributed by atoms with van der Waals surface area (Å²) in [7, 11) is 1.61. The van der Waals surface area contributed by atoms with E-state index in [-0.39, 0.29) is 17.6 Å². The van der Waals surface area contributed by atoms with E-state index in [1.54, 1.807) is 30.1 Å². The molecule has 4 rings (SSSR count). The van der Waals surface area contributed by atoms with E-state index in [1.807, 2.05) is 24.3 Å². The number of benzene rings is 2. The van der Waals surface area contributed by atoms with Crippen molar-refractivity contribution >= 4 is 11.7 Å². The van der Waals surface area contributed by atoms with Crippen LogP contribution in [0, 0.1) is 5.82 Å². The minimum absolute atomic E-state index is 0.0912. The van der Waals surface area contributed by atoms with Crippen molar-refractivity contribution in [2.45, 2.75) is 12.3 Å². The van der Waals surface area contributed by atoms with Crippen LogP contribution in [0.4, 0.5) is 10.2 Å². The van der Waals surface area contributed by atoms with Crippen molar-refractivity contribution in [2.75, 3.05) is 12.4 Å². The van der Waals surface area contributed by atoms with E-state index in [9.17, 15) is 9.18 Å². The van der Waals surface area contributed by atoms with E-state index < -0.39 is 0 Å². The first-order valence-electron chi connectivity index (χ1n) is 7.92. The van der Waals surface area contributed by atoms with Gasteiger partial charge >= 0.3 is 0 Å². The van der Waals surface area contributed by atoms with Gasteiger partial charge in [-0.1, -0.05) is 18.2 Å². The number of nitrogens with one attached hydrogen (secondary N) is 1. The molecule has 0 radical (unpaired) electrons. The van der Waals surface area contributed by atoms with Gasteiger partial charge in [0.05, 0.1) is 18.5 Å². The lowest BCUT2D eigenvalue weighted by Gasteiger charge is -2.23. The maximum Gasteiger partial charge on any atom is 0.226 e. The lowest BCUT2D eigenvalue weighted by atomic mass is 9.90. The fourth-order valence-electron chi connectivity index (χ4n) is 3.14. The zero-order chi connectivity index (χ0) is 17.4. The molecule has 2 heterocycles. The second kappa shape index (κ2) is 6.05. The Morgan fingerprint density at radius 2 is 2.04 bits per heavy atom. The third-order valence-corrected chi connectivity index (χ3v) is 4.38. The summed E-state index contributed by atoms with van der Waals surface area (Å²) in [6.07, 6.45) is 1.93. The van der Waals surface area contributed by atoms with Crippen LogP contribution in [0.2, 0.25) is 0 Å². The van der Waals surface area contributed by atoms with Gasteiger partial charge in [0.2, 0.25) is 5.91 Å². The predicted molar refractivity (Wildman–Crippen MR) is 91.6 cm³/mol. The van der Waals surface area contributed by atoms with Crippen molar-refractivity contribution in [3.05, 3.63) is 71.9 Å². The maximum absolute atomic E-state index is 13.5. The highest BCUT2D eigenvalue weighted by molar-refractivity contribution is 5.94. The number of methoxy groups -OCH3 is 1. The van der Waals surface area contributed by atoms with Gasteiger partial charge in [0.1, 0.15) is 23.7 Å². The van der Waals surface area contributed by atoms with Crippen molar-refractivity contribution < 1.29 is 13.9 Å². The zero-order valence-electron chi connectivity index (χ0n) is 13.6. The van der Waals surface area contributed by atoms with E-state index in [0.29, 0.717) is 17.9 Å². The van der Waals surface area contributed by atoms with Crippen molar-refractivity contribution in [1.82, 2.24) is 9.55 Å². The molecule has 1 aliphatic rings. The molecule has 1 unspecified atom stereocenters. The first kappa shape index (κ1) is 15.4. The Bertz CT molecular complexity index is 934. The van der Waals surface area contributed by atoms with Crippen molar-refractivity contribution in [3.63, 3.8) is 0 Å². The average Bonchev–Trinajstić information content (AvgIpc) is 3.05. The number of hydrogen-bond donors (Lipinski definition) is 1. The Morgan fingerprint density at radius 1 is 1.24 bits per heavy atom. The molecule has 126 valence electrons. The first-order valence-corrected chi connectivity index (χ1v) is 7.92. The molecule has 3 aromatic rings. The predicted octanol–water partition coefficient (Wildman–Crippen LogP) is 3.49. The van der Waals surface area contributed by atoms with Crippen LogP contribution in [0.5, 0.6) is 5.75 Å². The molecule has 0 saturated heterocycles. The molecule has 1 atom stereocenters. The summed E-state index contributed by atoms with van der Waals surface area (Å²) < 4.78 is 20.4. The number of fused-ring (bicyclic) bond motifs is 1. The van der Waals surface area contributed by atoms with Crippen molar-refractivity contribution in [2.24, 2.45) is 0 Å². The number of nitrogens with zero attached hydrogens (tertiary/aromatic N) is 2. The van der Waals surface area contributed by atoms with Gasteiger partial charge in [0.25, 0.3) is 0 Å². The van der Waals surface area contributed by atoms with Crippen LogP contribution in [-0.4, -0.2) is 22.6 Å². The maximum atomic E-state index is 13.5. The fraction of sp³-hybridized carbons (Fsp3) is 0.158. The van der Waals surface area contributed by atoms with E-state index in [1.165, 1.54) is 12.1 Å². The summed E-state index contributed by atoms with van der Waals surface area (Å²) in [5.41, 5.74) is 2.37. The molecule has 0 bridgehead atoms. The monoisotopic (exact) mass is 337 g/mol. The van der Waals surface area contributed by atoms with Crippen LogP contribution in [-0.2, 0) is 4.79 Å². The Balaban J connectivity index is 1.78. The van der Waals surface area contributed by atoms with Gasteiger partial charge in [-0.25, -0.2) is 9.37 Å². The largest absolute Gasteiger partial charge is 0.497 e. The second-order valence-corrected chi connectivity index (χ2v) is 5.91. The molecule has 1 aliphatic heterocycles. The van der Waals surface area contributed by atoms with E-state index in [2.05, 4.69) is 10.3 Å². The van der Waals surface area contributed by atoms with E-state index >= 15 is 0 Å². The quantitative estimate of drug-likeness (QED) is 0.796. The summed E-state index contributed by atoms with van der Waals surface area (Å²) in [6.45, 7) is 0. The molecule has 6 heteroatoms. The van der Waals surface area contributed by atoms with Crippen LogP contribution in [0.1, 0.15) is 23.6 Å². The van der Waals surface area contributed by atoms with Crippen molar-refractivity contribution in [3.8, 4) is 11.4 Å². The minimum Gasteiger partial charge on any atom is -0.497 e. The Kier molecular flexibility index (Phi) is 3.72. The number of ether oxygens (including phenoxy) is 1. The molecule has 0 saturated carbocycles. The third-order valence-electron chi connectivity index (χ3n) is 4.38. The Hall–Kier alpha value is -3.15. The molecular formula is C19H16FN3O2. The standard InChI is InChI=1S/C19H16FN3O2/c1-25-15-7-5-12(6-8-15)16-10-17(24)22-19-18(16)21-11-23(19)14-4-2-3-13(20)9-14/h2-9,11,16H,10H2,1H3,(H,22,24). The second-order valence-electron chi connectivity index (χ2n) is 5.91. The lowest BCUT2D eigenvalue weighted by Crippen LogP contribution is -2.24. The summed E-state index contributed by atoms with van der Waals surface area (Å²) >= 11 is 0. The number of imidazole rings is 1. The van der Waals surface area contributed by atoms with Gasteiger partial charge in [-0.15, -0.1) is 0 Å². The minimum atomic E-state index is -0.339. The SMILES string of the molecule is COc1ccc(C2CC(=O)Nc3c2ncn3-c2cccc(F)c2)cc1. The molecule has 0 aliphatic carbocycles. The van der Waals surface area contributed by atoms with Crippen molar-refractivity contribution in [1.29, 1.82) is 0 Å². The molecule has 0 spiro atoms. The third kappa shape index (κ3) is 2.76. The number of anilines is 1. The van der Waals surface area contributed by atoms with Gasteiger partial charge in [-0.3, -0.25) is 9.36 Å². The number of amides is 1. The van der Waals surface area contributed by atoms with E-state index in [4.69, 9.17) is 4.74 Å². The normalized spacial score (nSPS) is 16.2. The first-order chi connectivity index (χ1) is 12.2. The highest BCUT2D eigenvalue weighted by Gasteiger charge is 2.31. The molecule has 1 aromatic heterocycles. The Labute approximate surface area is 144 Å². The molecular weight excluding hydrogens is 321 g/mol. The summed E-state index contributed by atoms with van der Waals surface area (Å²) in [5.74, 6) is 0.766. The zero-order valence-corrected chi connectivity index (χ0v) is 13.6. The lowest BCUT2D eigenvalue weighted by molar-refractivity contribution is -0.116. The smallest absolute Gasteiger partial charge is 0.226 e. The molecule has 2 aromatic carbocycles. The molecule has 1 amide bonds. The Morgan fingerprint density at radius 3 is 2.76 bits per heavy atom. The molecule has 0 fully saturated rings. The van der Waals surface area contributed by atoms with Gasteiger partial charge in [-0.05, 0) is 35.9 Å². The number of hydrogen-bond acceptors (Lipinski definition) is 3. The molecule has 5 nitrogen and oxygen atoms in total. The van der Waals surface area contributed by atoms with Crippen LogP contribution < -0.4 is 10.1 Å². The number of carbonyl (C=O) groups is 1.